The van der Waals surface area contributed by atoms with Crippen molar-refractivity contribution in [2.75, 3.05) is 10.6 Å². The predicted molar refractivity (Wildman–Crippen MR) is 171 cm³/mol. The van der Waals surface area contributed by atoms with Crippen LogP contribution in [0.2, 0.25) is 0 Å². The van der Waals surface area contributed by atoms with Gasteiger partial charge in [-0.25, -0.2) is 19.4 Å². The van der Waals surface area contributed by atoms with Gasteiger partial charge in [0.05, 0.1) is 22.6 Å². The molecule has 2 amide bonds. The third-order valence-corrected chi connectivity index (χ3v) is 7.21. The van der Waals surface area contributed by atoms with Gasteiger partial charge in [-0.2, -0.15) is 5.10 Å². The lowest BCUT2D eigenvalue weighted by Crippen LogP contribution is -2.21. The number of pyridine rings is 2. The van der Waals surface area contributed by atoms with Crippen LogP contribution in [-0.4, -0.2) is 35.7 Å². The first-order chi connectivity index (χ1) is 21.0. The number of benzene rings is 2. The predicted octanol–water partition coefficient (Wildman–Crippen LogP) is 6.71. The van der Waals surface area contributed by atoms with Crippen LogP contribution >= 0.6 is 0 Å². The lowest BCUT2D eigenvalue weighted by Gasteiger charge is -2.15. The summed E-state index contributed by atoms with van der Waals surface area (Å²) in [4.78, 5) is 41.5. The molecule has 4 heterocycles. The lowest BCUT2D eigenvalue weighted by molar-refractivity contribution is 0.262. The summed E-state index contributed by atoms with van der Waals surface area (Å²) in [5, 5.41) is 11.4. The van der Waals surface area contributed by atoms with Crippen LogP contribution in [0.25, 0.3) is 27.8 Å². The Morgan fingerprint density at radius 3 is 2.48 bits per heavy atom. The zero-order valence-electron chi connectivity index (χ0n) is 25.3. The number of nitrogens with one attached hydrogen (secondary N) is 3. The molecular weight excluding hydrogens is 556 g/mol. The fourth-order valence-corrected chi connectivity index (χ4v) is 4.75. The van der Waals surface area contributed by atoms with Crippen LogP contribution < -0.4 is 20.9 Å². The van der Waals surface area contributed by atoms with E-state index < -0.39 is 6.03 Å². The number of hydrogen-bond donors (Lipinski definition) is 3. The van der Waals surface area contributed by atoms with Gasteiger partial charge in [-0.05, 0) is 57.2 Å². The summed E-state index contributed by atoms with van der Waals surface area (Å²) in [6, 6.07) is 16.5. The second-order valence-electron chi connectivity index (χ2n) is 11.7. The number of anilines is 2. The number of ether oxygens (including phenoxy) is 1. The van der Waals surface area contributed by atoms with Crippen molar-refractivity contribution in [3.63, 3.8) is 0 Å². The van der Waals surface area contributed by atoms with Gasteiger partial charge in [0.1, 0.15) is 22.8 Å². The number of carbonyl (C=O) groups is 1. The smallest absolute Gasteiger partial charge is 0.324 e. The van der Waals surface area contributed by atoms with E-state index in [-0.39, 0.29) is 11.0 Å². The van der Waals surface area contributed by atoms with E-state index in [0.717, 1.165) is 22.5 Å². The topological polar surface area (TPSA) is 140 Å². The molecule has 0 unspecified atom stereocenters. The van der Waals surface area contributed by atoms with Gasteiger partial charge in [0.15, 0.2) is 11.4 Å². The van der Waals surface area contributed by atoms with Gasteiger partial charge in [-0.1, -0.05) is 38.5 Å². The Morgan fingerprint density at radius 2 is 1.73 bits per heavy atom. The minimum atomic E-state index is -0.445. The molecule has 0 aliphatic rings. The number of H-pyrrole nitrogens is 1. The number of aromatic amines is 1. The van der Waals surface area contributed by atoms with Crippen molar-refractivity contribution in [3.05, 3.63) is 99.9 Å². The summed E-state index contributed by atoms with van der Waals surface area (Å²) in [5.41, 5.74) is 5.15. The zero-order valence-corrected chi connectivity index (χ0v) is 25.3. The van der Waals surface area contributed by atoms with Crippen molar-refractivity contribution in [2.45, 2.75) is 47.0 Å². The van der Waals surface area contributed by atoms with Crippen molar-refractivity contribution in [2.24, 2.45) is 0 Å². The summed E-state index contributed by atoms with van der Waals surface area (Å²) in [6.07, 6.45) is 3.28. The molecule has 11 heteroatoms. The minimum absolute atomic E-state index is 0.221. The number of aromatic nitrogens is 6. The molecule has 6 aromatic rings. The van der Waals surface area contributed by atoms with E-state index in [4.69, 9.17) is 9.84 Å². The highest BCUT2D eigenvalue weighted by Crippen LogP contribution is 2.36. The average molecular weight is 589 g/mol. The number of urea groups is 1. The third-order valence-electron chi connectivity index (χ3n) is 7.21. The van der Waals surface area contributed by atoms with Crippen LogP contribution in [0.1, 0.15) is 43.3 Å². The fraction of sp³-hybridized carbons (Fsp3) is 0.212. The van der Waals surface area contributed by atoms with E-state index in [2.05, 4.69) is 51.3 Å². The van der Waals surface area contributed by atoms with E-state index in [1.54, 1.807) is 42.2 Å². The van der Waals surface area contributed by atoms with Crippen molar-refractivity contribution in [3.8, 4) is 17.2 Å². The maximum atomic E-state index is 13.4. The molecule has 0 saturated carbocycles. The highest BCUT2D eigenvalue weighted by molar-refractivity contribution is 6.06. The average Bonchev–Trinajstić information content (AvgIpc) is 3.41. The second kappa shape index (κ2) is 10.9. The number of nitrogens with zero attached hydrogens (tertiary/aromatic N) is 5. The van der Waals surface area contributed by atoms with Crippen LogP contribution in [0.3, 0.4) is 0 Å². The van der Waals surface area contributed by atoms with Gasteiger partial charge in [0, 0.05) is 34.8 Å². The summed E-state index contributed by atoms with van der Waals surface area (Å²) in [7, 11) is 0. The summed E-state index contributed by atoms with van der Waals surface area (Å²) < 4.78 is 8.12. The molecule has 0 spiro atoms. The standard InChI is InChI=1S/C33H32N8O3/c1-18-9-11-21(12-10-18)41-26(16-25(40-41)33(4,5)6)38-32(43)37-23-13-14-24(22-8-7-15-34-27(22)23)44-29-19(2)17-35-30-28(29)36-20(3)31(42)39-30/h7-17H,1-6H3,(H,35,39,42)(H2,37,38,43). The Labute approximate surface area is 253 Å². The van der Waals surface area contributed by atoms with E-state index >= 15 is 0 Å². The molecular formula is C33H32N8O3. The third kappa shape index (κ3) is 5.47. The minimum Gasteiger partial charge on any atom is -0.454 e. The number of carbonyl (C=O) groups excluding carboxylic acids is 1. The Bertz CT molecular complexity index is 2110. The van der Waals surface area contributed by atoms with E-state index in [9.17, 15) is 9.59 Å². The molecule has 0 radical (unpaired) electrons. The molecule has 0 saturated heterocycles. The molecule has 3 N–H and O–H groups in total. The van der Waals surface area contributed by atoms with Crippen molar-refractivity contribution >= 4 is 39.6 Å². The highest BCUT2D eigenvalue weighted by Gasteiger charge is 2.22. The maximum absolute atomic E-state index is 13.4. The van der Waals surface area contributed by atoms with E-state index in [1.807, 2.05) is 50.2 Å². The number of hydrogen-bond acceptors (Lipinski definition) is 7. The number of amides is 2. The van der Waals surface area contributed by atoms with Gasteiger partial charge in [0.25, 0.3) is 5.56 Å². The fourth-order valence-electron chi connectivity index (χ4n) is 4.75. The monoisotopic (exact) mass is 588 g/mol. The Balaban J connectivity index is 1.32. The lowest BCUT2D eigenvalue weighted by atomic mass is 9.92. The van der Waals surface area contributed by atoms with Crippen LogP contribution in [0.4, 0.5) is 16.3 Å². The molecule has 0 bridgehead atoms. The van der Waals surface area contributed by atoms with E-state index in [0.29, 0.717) is 50.8 Å². The molecule has 0 aliphatic carbocycles. The Morgan fingerprint density at radius 1 is 0.955 bits per heavy atom. The summed E-state index contributed by atoms with van der Waals surface area (Å²) in [6.45, 7) is 11.7. The van der Waals surface area contributed by atoms with Crippen molar-refractivity contribution < 1.29 is 9.53 Å². The summed E-state index contributed by atoms with van der Waals surface area (Å²) in [5.74, 6) is 1.51. The molecule has 6 rings (SSSR count). The molecule has 2 aromatic carbocycles. The first kappa shape index (κ1) is 28.5. The normalized spacial score (nSPS) is 11.6. The molecule has 11 nitrogen and oxygen atoms in total. The Kier molecular flexibility index (Phi) is 7.08. The molecule has 0 atom stereocenters. The van der Waals surface area contributed by atoms with Crippen molar-refractivity contribution in [1.29, 1.82) is 0 Å². The quantitative estimate of drug-likeness (QED) is 0.203. The van der Waals surface area contributed by atoms with Crippen LogP contribution in [0.5, 0.6) is 11.5 Å². The molecule has 222 valence electrons. The van der Waals surface area contributed by atoms with Gasteiger partial charge in [-0.3, -0.25) is 15.1 Å². The van der Waals surface area contributed by atoms with Gasteiger partial charge < -0.3 is 15.0 Å². The maximum Gasteiger partial charge on any atom is 0.324 e. The van der Waals surface area contributed by atoms with Gasteiger partial charge in [-0.15, -0.1) is 0 Å². The Hall–Kier alpha value is -5.58. The first-order valence-electron chi connectivity index (χ1n) is 14.2. The number of rotatable bonds is 5. The van der Waals surface area contributed by atoms with E-state index in [1.165, 1.54) is 0 Å². The van der Waals surface area contributed by atoms with Gasteiger partial charge in [0.2, 0.25) is 0 Å². The molecule has 4 aromatic heterocycles. The second-order valence-corrected chi connectivity index (χ2v) is 11.7. The summed E-state index contributed by atoms with van der Waals surface area (Å²) >= 11 is 0. The largest absolute Gasteiger partial charge is 0.454 e. The van der Waals surface area contributed by atoms with Gasteiger partial charge >= 0.3 is 6.03 Å². The molecule has 0 aliphatic heterocycles. The van der Waals surface area contributed by atoms with Crippen LogP contribution in [-0.2, 0) is 5.41 Å². The number of aryl methyl sites for hydroxylation is 3. The molecule has 44 heavy (non-hydrogen) atoms. The zero-order chi connectivity index (χ0) is 31.2. The van der Waals surface area contributed by atoms with Crippen LogP contribution in [0.15, 0.2) is 71.8 Å². The molecule has 0 fully saturated rings. The van der Waals surface area contributed by atoms with Crippen LogP contribution in [0, 0.1) is 20.8 Å². The highest BCUT2D eigenvalue weighted by atomic mass is 16.5. The SMILES string of the molecule is Cc1ccc(-n2nc(C(C)(C)C)cc2NC(=O)Nc2ccc(Oc3c(C)cnc4[nH]c(=O)c(C)nc34)c3cccnc23)cc1. The number of fused-ring (bicyclic) bond motifs is 2. The first-order valence-corrected chi connectivity index (χ1v) is 14.2. The van der Waals surface area contributed by atoms with Crippen molar-refractivity contribution in [1.82, 2.24) is 29.7 Å².